The largest absolute Gasteiger partial charge is 0.324 e. The van der Waals surface area contributed by atoms with E-state index in [2.05, 4.69) is 20.3 Å². The molecule has 0 aliphatic heterocycles. The summed E-state index contributed by atoms with van der Waals surface area (Å²) >= 11 is 0. The van der Waals surface area contributed by atoms with Crippen molar-refractivity contribution in [3.63, 3.8) is 0 Å². The highest BCUT2D eigenvalue weighted by Crippen LogP contribution is 2.19. The quantitative estimate of drug-likeness (QED) is 0.778. The maximum absolute atomic E-state index is 12.0. The van der Waals surface area contributed by atoms with Gasteiger partial charge in [-0.25, -0.2) is 4.63 Å². The molecule has 3 rings (SSSR count). The van der Waals surface area contributed by atoms with Crippen LogP contribution < -0.4 is 5.32 Å². The molecule has 0 unspecified atom stereocenters. The third-order valence-electron chi connectivity index (χ3n) is 2.77. The first-order valence-electron chi connectivity index (χ1n) is 5.88. The van der Waals surface area contributed by atoms with Crippen molar-refractivity contribution in [3.05, 3.63) is 54.1 Å². The molecule has 1 heterocycles. The van der Waals surface area contributed by atoms with Gasteiger partial charge in [0.25, 0.3) is 0 Å². The van der Waals surface area contributed by atoms with Crippen LogP contribution in [0.25, 0.3) is 11.0 Å². The predicted octanol–water partition coefficient (Wildman–Crippen LogP) is 2.40. The summed E-state index contributed by atoms with van der Waals surface area (Å²) in [5, 5.41) is 10.3. The van der Waals surface area contributed by atoms with Crippen molar-refractivity contribution in [2.45, 2.75) is 6.42 Å². The Bertz CT molecular complexity index is 707. The van der Waals surface area contributed by atoms with Crippen LogP contribution in [0.3, 0.4) is 0 Å². The summed E-state index contributed by atoms with van der Waals surface area (Å²) in [4.78, 5) is 12.0. The minimum absolute atomic E-state index is 0.0956. The van der Waals surface area contributed by atoms with Gasteiger partial charge >= 0.3 is 0 Å². The molecular weight excluding hydrogens is 242 g/mol. The summed E-state index contributed by atoms with van der Waals surface area (Å²) in [6.45, 7) is 0. The number of hydrogen-bond donors (Lipinski definition) is 1. The maximum Gasteiger partial charge on any atom is 0.228 e. The maximum atomic E-state index is 12.0. The van der Waals surface area contributed by atoms with Crippen LogP contribution in [0.4, 0.5) is 5.69 Å². The number of anilines is 1. The molecule has 5 heteroatoms. The number of benzene rings is 2. The Labute approximate surface area is 109 Å². The molecule has 0 saturated carbocycles. The standard InChI is InChI=1S/C14H11N3O2/c18-13(9-10-5-2-1-3-6-10)15-11-7-4-8-12-14(11)17-19-16-12/h1-8H,9H2,(H,15,18). The summed E-state index contributed by atoms with van der Waals surface area (Å²) in [5.41, 5.74) is 2.76. The van der Waals surface area contributed by atoms with Crippen molar-refractivity contribution < 1.29 is 9.42 Å². The van der Waals surface area contributed by atoms with Gasteiger partial charge in [-0.05, 0) is 28.0 Å². The summed E-state index contributed by atoms with van der Waals surface area (Å²) in [6, 6.07) is 14.9. The molecule has 0 radical (unpaired) electrons. The molecule has 2 aromatic carbocycles. The Balaban J connectivity index is 1.78. The van der Waals surface area contributed by atoms with E-state index in [0.717, 1.165) is 5.56 Å². The number of rotatable bonds is 3. The second kappa shape index (κ2) is 4.89. The van der Waals surface area contributed by atoms with Crippen LogP contribution in [-0.4, -0.2) is 16.2 Å². The molecule has 0 fully saturated rings. The first-order chi connectivity index (χ1) is 9.33. The van der Waals surface area contributed by atoms with E-state index in [1.54, 1.807) is 18.2 Å². The van der Waals surface area contributed by atoms with Gasteiger partial charge in [0, 0.05) is 0 Å². The highest BCUT2D eigenvalue weighted by atomic mass is 16.6. The van der Waals surface area contributed by atoms with Gasteiger partial charge in [0.1, 0.15) is 5.52 Å². The molecule has 1 amide bonds. The zero-order chi connectivity index (χ0) is 13.1. The van der Waals surface area contributed by atoms with Crippen LogP contribution >= 0.6 is 0 Å². The van der Waals surface area contributed by atoms with E-state index in [1.807, 2.05) is 30.3 Å². The van der Waals surface area contributed by atoms with Gasteiger partial charge in [-0.15, -0.1) is 0 Å². The molecule has 0 bridgehead atoms. The second-order valence-corrected chi connectivity index (χ2v) is 4.15. The van der Waals surface area contributed by atoms with Crippen molar-refractivity contribution in [1.29, 1.82) is 0 Å². The van der Waals surface area contributed by atoms with Crippen LogP contribution in [0.5, 0.6) is 0 Å². The van der Waals surface area contributed by atoms with E-state index in [9.17, 15) is 4.79 Å². The average Bonchev–Trinajstić information content (AvgIpc) is 2.89. The third kappa shape index (κ3) is 2.44. The fourth-order valence-electron chi connectivity index (χ4n) is 1.88. The second-order valence-electron chi connectivity index (χ2n) is 4.15. The molecule has 0 saturated heterocycles. The lowest BCUT2D eigenvalue weighted by atomic mass is 10.1. The Morgan fingerprint density at radius 1 is 1.05 bits per heavy atom. The zero-order valence-electron chi connectivity index (χ0n) is 10.0. The van der Waals surface area contributed by atoms with Gasteiger partial charge in [0.15, 0.2) is 5.52 Å². The number of fused-ring (bicyclic) bond motifs is 1. The minimum Gasteiger partial charge on any atom is -0.324 e. The molecular formula is C14H11N3O2. The number of carbonyl (C=O) groups excluding carboxylic acids is 1. The fraction of sp³-hybridized carbons (Fsp3) is 0.0714. The summed E-state index contributed by atoms with van der Waals surface area (Å²) in [7, 11) is 0. The van der Waals surface area contributed by atoms with Crippen LogP contribution in [0, 0.1) is 0 Å². The lowest BCUT2D eigenvalue weighted by Crippen LogP contribution is -2.14. The number of carbonyl (C=O) groups is 1. The van der Waals surface area contributed by atoms with Crippen molar-refractivity contribution in [3.8, 4) is 0 Å². The molecule has 0 atom stereocenters. The SMILES string of the molecule is O=C(Cc1ccccc1)Nc1cccc2nonc12. The normalized spacial score (nSPS) is 10.5. The number of nitrogens with one attached hydrogen (secondary N) is 1. The van der Waals surface area contributed by atoms with Crippen molar-refractivity contribution >= 4 is 22.6 Å². The summed E-state index contributed by atoms with van der Waals surface area (Å²) in [5.74, 6) is -0.0956. The van der Waals surface area contributed by atoms with Gasteiger partial charge in [-0.2, -0.15) is 0 Å². The molecule has 94 valence electrons. The van der Waals surface area contributed by atoms with Crippen LogP contribution in [0.1, 0.15) is 5.56 Å². The first-order valence-corrected chi connectivity index (χ1v) is 5.88. The lowest BCUT2D eigenvalue weighted by Gasteiger charge is -2.05. The lowest BCUT2D eigenvalue weighted by molar-refractivity contribution is -0.115. The first kappa shape index (κ1) is 11.4. The number of nitrogens with zero attached hydrogens (tertiary/aromatic N) is 2. The van der Waals surface area contributed by atoms with E-state index in [1.165, 1.54) is 0 Å². The number of aromatic nitrogens is 2. The monoisotopic (exact) mass is 253 g/mol. The number of amides is 1. The molecule has 0 spiro atoms. The van der Waals surface area contributed by atoms with E-state index in [4.69, 9.17) is 0 Å². The van der Waals surface area contributed by atoms with Crippen molar-refractivity contribution in [2.75, 3.05) is 5.32 Å². The highest BCUT2D eigenvalue weighted by molar-refractivity contribution is 5.99. The minimum atomic E-state index is -0.0956. The van der Waals surface area contributed by atoms with Crippen LogP contribution in [0.15, 0.2) is 53.2 Å². The van der Waals surface area contributed by atoms with E-state index < -0.39 is 0 Å². The smallest absolute Gasteiger partial charge is 0.228 e. The molecule has 0 aliphatic carbocycles. The highest BCUT2D eigenvalue weighted by Gasteiger charge is 2.09. The van der Waals surface area contributed by atoms with Gasteiger partial charge in [0.05, 0.1) is 12.1 Å². The van der Waals surface area contributed by atoms with Crippen molar-refractivity contribution in [2.24, 2.45) is 0 Å². The molecule has 19 heavy (non-hydrogen) atoms. The van der Waals surface area contributed by atoms with Crippen LogP contribution in [-0.2, 0) is 11.2 Å². The number of hydrogen-bond acceptors (Lipinski definition) is 4. The molecule has 3 aromatic rings. The Kier molecular flexibility index (Phi) is 2.94. The Morgan fingerprint density at radius 2 is 1.89 bits per heavy atom. The average molecular weight is 253 g/mol. The third-order valence-corrected chi connectivity index (χ3v) is 2.77. The van der Waals surface area contributed by atoms with E-state index in [-0.39, 0.29) is 5.91 Å². The topological polar surface area (TPSA) is 68.0 Å². The molecule has 5 nitrogen and oxygen atoms in total. The van der Waals surface area contributed by atoms with E-state index in [0.29, 0.717) is 23.1 Å². The molecule has 0 aliphatic rings. The van der Waals surface area contributed by atoms with Gasteiger partial charge in [-0.3, -0.25) is 4.79 Å². The molecule has 1 N–H and O–H groups in total. The van der Waals surface area contributed by atoms with Crippen LogP contribution in [0.2, 0.25) is 0 Å². The summed E-state index contributed by atoms with van der Waals surface area (Å²) < 4.78 is 4.65. The zero-order valence-corrected chi connectivity index (χ0v) is 10.0. The fourth-order valence-corrected chi connectivity index (χ4v) is 1.88. The van der Waals surface area contributed by atoms with E-state index >= 15 is 0 Å². The molecule has 1 aromatic heterocycles. The Morgan fingerprint density at radius 3 is 2.74 bits per heavy atom. The van der Waals surface area contributed by atoms with Crippen molar-refractivity contribution in [1.82, 2.24) is 10.3 Å². The van der Waals surface area contributed by atoms with Gasteiger partial charge < -0.3 is 5.32 Å². The predicted molar refractivity (Wildman–Crippen MR) is 70.6 cm³/mol. The van der Waals surface area contributed by atoms with Gasteiger partial charge in [-0.1, -0.05) is 36.4 Å². The summed E-state index contributed by atoms with van der Waals surface area (Å²) in [6.07, 6.45) is 0.322. The Hall–Kier alpha value is -2.69. The van der Waals surface area contributed by atoms with Gasteiger partial charge in [0.2, 0.25) is 5.91 Å².